The normalized spacial score (nSPS) is 24.2. The lowest BCUT2D eigenvalue weighted by atomic mass is 9.96. The standard InChI is InChI=1S/C21H39N5O2/c1-23(2)21(28)26(16-15-24-12-7-4-8-13-24)19-11-14-25(17-19)20(27)22-18-9-5-3-6-10-18/h18-19H,3-17H2,1-2H3,(H,22,27). The van der Waals surface area contributed by atoms with Crippen molar-refractivity contribution in [3.8, 4) is 0 Å². The summed E-state index contributed by atoms with van der Waals surface area (Å²) >= 11 is 0. The zero-order valence-corrected chi connectivity index (χ0v) is 17.9. The predicted molar refractivity (Wildman–Crippen MR) is 111 cm³/mol. The van der Waals surface area contributed by atoms with Gasteiger partial charge in [0, 0.05) is 46.3 Å². The van der Waals surface area contributed by atoms with E-state index in [0.717, 1.165) is 52.0 Å². The third-order valence-electron chi connectivity index (χ3n) is 6.56. The number of urea groups is 2. The van der Waals surface area contributed by atoms with E-state index in [4.69, 9.17) is 0 Å². The summed E-state index contributed by atoms with van der Waals surface area (Å²) in [4.78, 5) is 33.6. The number of likely N-dealkylation sites (tertiary alicyclic amines) is 2. The van der Waals surface area contributed by atoms with Crippen LogP contribution < -0.4 is 5.32 Å². The van der Waals surface area contributed by atoms with Gasteiger partial charge in [0.2, 0.25) is 0 Å². The number of amides is 4. The molecule has 0 aromatic rings. The number of carbonyl (C=O) groups excluding carboxylic acids is 2. The van der Waals surface area contributed by atoms with Gasteiger partial charge in [0.15, 0.2) is 0 Å². The van der Waals surface area contributed by atoms with Crippen molar-refractivity contribution < 1.29 is 9.59 Å². The van der Waals surface area contributed by atoms with Crippen molar-refractivity contribution >= 4 is 12.1 Å². The number of nitrogens with one attached hydrogen (secondary N) is 1. The van der Waals surface area contributed by atoms with Gasteiger partial charge in [-0.3, -0.25) is 0 Å². The largest absolute Gasteiger partial charge is 0.335 e. The Labute approximate surface area is 170 Å². The minimum absolute atomic E-state index is 0.0580. The first-order chi connectivity index (χ1) is 13.5. The Kier molecular flexibility index (Phi) is 7.82. The molecule has 1 atom stereocenters. The molecule has 1 unspecified atom stereocenters. The molecule has 2 saturated heterocycles. The molecule has 0 spiro atoms. The molecule has 2 heterocycles. The molecular formula is C21H39N5O2. The number of hydrogen-bond acceptors (Lipinski definition) is 3. The Balaban J connectivity index is 1.52. The van der Waals surface area contributed by atoms with E-state index in [2.05, 4.69) is 10.2 Å². The quantitative estimate of drug-likeness (QED) is 0.781. The van der Waals surface area contributed by atoms with E-state index in [1.54, 1.807) is 4.90 Å². The molecule has 28 heavy (non-hydrogen) atoms. The zero-order valence-electron chi connectivity index (χ0n) is 17.9. The second kappa shape index (κ2) is 10.3. The van der Waals surface area contributed by atoms with Crippen LogP contribution in [-0.4, -0.2) is 97.1 Å². The van der Waals surface area contributed by atoms with Crippen LogP contribution >= 0.6 is 0 Å². The molecule has 1 N–H and O–H groups in total. The van der Waals surface area contributed by atoms with E-state index < -0.39 is 0 Å². The van der Waals surface area contributed by atoms with E-state index in [9.17, 15) is 9.59 Å². The van der Waals surface area contributed by atoms with Crippen molar-refractivity contribution in [1.29, 1.82) is 0 Å². The molecule has 3 fully saturated rings. The van der Waals surface area contributed by atoms with Crippen LogP contribution in [0.2, 0.25) is 0 Å². The first-order valence-electron chi connectivity index (χ1n) is 11.3. The number of hydrogen-bond donors (Lipinski definition) is 1. The van der Waals surface area contributed by atoms with E-state index in [1.165, 1.54) is 38.5 Å². The van der Waals surface area contributed by atoms with Crippen LogP contribution in [0.3, 0.4) is 0 Å². The van der Waals surface area contributed by atoms with Crippen LogP contribution in [0.25, 0.3) is 0 Å². The van der Waals surface area contributed by atoms with Gasteiger partial charge < -0.3 is 24.9 Å². The maximum absolute atomic E-state index is 12.8. The Morgan fingerprint density at radius 3 is 2.29 bits per heavy atom. The van der Waals surface area contributed by atoms with E-state index in [1.807, 2.05) is 23.9 Å². The number of piperidine rings is 1. The maximum Gasteiger partial charge on any atom is 0.319 e. The van der Waals surface area contributed by atoms with E-state index >= 15 is 0 Å². The monoisotopic (exact) mass is 393 g/mol. The van der Waals surface area contributed by atoms with Crippen molar-refractivity contribution in [2.45, 2.75) is 69.9 Å². The van der Waals surface area contributed by atoms with Crippen LogP contribution in [0.4, 0.5) is 9.59 Å². The molecule has 0 bridgehead atoms. The molecule has 2 aliphatic heterocycles. The van der Waals surface area contributed by atoms with Crippen molar-refractivity contribution in [3.05, 3.63) is 0 Å². The summed E-state index contributed by atoms with van der Waals surface area (Å²) in [6.45, 7) is 5.36. The van der Waals surface area contributed by atoms with E-state index in [0.29, 0.717) is 12.6 Å². The average molecular weight is 394 g/mol. The summed E-state index contributed by atoms with van der Waals surface area (Å²) in [6, 6.07) is 0.579. The highest BCUT2D eigenvalue weighted by atomic mass is 16.2. The van der Waals surface area contributed by atoms with Gasteiger partial charge >= 0.3 is 12.1 Å². The van der Waals surface area contributed by atoms with Gasteiger partial charge in [-0.15, -0.1) is 0 Å². The number of nitrogens with zero attached hydrogens (tertiary/aromatic N) is 4. The van der Waals surface area contributed by atoms with Crippen LogP contribution in [0.15, 0.2) is 0 Å². The zero-order chi connectivity index (χ0) is 19.9. The highest BCUT2D eigenvalue weighted by Gasteiger charge is 2.34. The third-order valence-corrected chi connectivity index (χ3v) is 6.56. The molecule has 1 aliphatic carbocycles. The highest BCUT2D eigenvalue weighted by molar-refractivity contribution is 5.76. The van der Waals surface area contributed by atoms with Gasteiger partial charge in [0.25, 0.3) is 0 Å². The lowest BCUT2D eigenvalue weighted by Crippen LogP contribution is -2.51. The molecule has 0 aromatic carbocycles. The van der Waals surface area contributed by atoms with Crippen molar-refractivity contribution in [1.82, 2.24) is 24.9 Å². The third kappa shape index (κ3) is 5.75. The maximum atomic E-state index is 12.8. The van der Waals surface area contributed by atoms with Crippen molar-refractivity contribution in [3.63, 3.8) is 0 Å². The SMILES string of the molecule is CN(C)C(=O)N(CCN1CCCCC1)C1CCN(C(=O)NC2CCCCC2)C1. The minimum Gasteiger partial charge on any atom is -0.335 e. The van der Waals surface area contributed by atoms with Gasteiger partial charge in [0.05, 0.1) is 6.04 Å². The Morgan fingerprint density at radius 1 is 0.929 bits per heavy atom. The molecule has 7 nitrogen and oxygen atoms in total. The van der Waals surface area contributed by atoms with E-state index in [-0.39, 0.29) is 18.1 Å². The summed E-state index contributed by atoms with van der Waals surface area (Å²) in [5, 5.41) is 3.22. The first kappa shape index (κ1) is 21.2. The lowest BCUT2D eigenvalue weighted by molar-refractivity contribution is 0.132. The fourth-order valence-electron chi connectivity index (χ4n) is 4.82. The first-order valence-corrected chi connectivity index (χ1v) is 11.3. The summed E-state index contributed by atoms with van der Waals surface area (Å²) in [5.41, 5.74) is 0. The molecule has 160 valence electrons. The lowest BCUT2D eigenvalue weighted by Gasteiger charge is -2.34. The van der Waals surface area contributed by atoms with Gasteiger partial charge in [-0.1, -0.05) is 25.7 Å². The van der Waals surface area contributed by atoms with Crippen LogP contribution in [0.5, 0.6) is 0 Å². The summed E-state index contributed by atoms with van der Waals surface area (Å²) in [6.07, 6.45) is 10.7. The van der Waals surface area contributed by atoms with Gasteiger partial charge in [-0.05, 0) is 45.2 Å². The van der Waals surface area contributed by atoms with Crippen LogP contribution in [0, 0.1) is 0 Å². The Bertz CT molecular complexity index is 515. The summed E-state index contributed by atoms with van der Waals surface area (Å²) in [5.74, 6) is 0. The molecule has 0 aromatic heterocycles. The molecule has 1 saturated carbocycles. The number of rotatable bonds is 5. The van der Waals surface area contributed by atoms with Crippen LogP contribution in [0.1, 0.15) is 57.8 Å². The molecule has 3 rings (SSSR count). The molecule has 7 heteroatoms. The second-order valence-electron chi connectivity index (χ2n) is 8.95. The van der Waals surface area contributed by atoms with Crippen molar-refractivity contribution in [2.24, 2.45) is 0 Å². The number of carbonyl (C=O) groups is 2. The minimum atomic E-state index is 0.0580. The van der Waals surface area contributed by atoms with Gasteiger partial charge in [-0.25, -0.2) is 9.59 Å². The highest BCUT2D eigenvalue weighted by Crippen LogP contribution is 2.20. The molecule has 4 amide bonds. The molecule has 0 radical (unpaired) electrons. The molecular weight excluding hydrogens is 354 g/mol. The summed E-state index contributed by atoms with van der Waals surface area (Å²) in [7, 11) is 3.64. The van der Waals surface area contributed by atoms with Gasteiger partial charge in [0.1, 0.15) is 0 Å². The molecule has 3 aliphatic rings. The fourth-order valence-corrected chi connectivity index (χ4v) is 4.82. The van der Waals surface area contributed by atoms with Crippen LogP contribution in [-0.2, 0) is 0 Å². The topological polar surface area (TPSA) is 59.1 Å². The van der Waals surface area contributed by atoms with Crippen molar-refractivity contribution in [2.75, 3.05) is 53.4 Å². The second-order valence-corrected chi connectivity index (χ2v) is 8.95. The van der Waals surface area contributed by atoms with Gasteiger partial charge in [-0.2, -0.15) is 0 Å². The fraction of sp³-hybridized carbons (Fsp3) is 0.905. The average Bonchev–Trinajstić information content (AvgIpc) is 3.19. The Hall–Kier alpha value is -1.50. The predicted octanol–water partition coefficient (Wildman–Crippen LogP) is 2.57. The Morgan fingerprint density at radius 2 is 1.61 bits per heavy atom. The summed E-state index contributed by atoms with van der Waals surface area (Å²) < 4.78 is 0. The smallest absolute Gasteiger partial charge is 0.319 e.